The fourth-order valence-corrected chi connectivity index (χ4v) is 2.78. The Morgan fingerprint density at radius 2 is 2.06 bits per heavy atom. The zero-order valence-corrected chi connectivity index (χ0v) is 10.8. The third kappa shape index (κ3) is 2.52. The van der Waals surface area contributed by atoms with Crippen LogP contribution in [0.15, 0.2) is 29.9 Å². The lowest BCUT2D eigenvalue weighted by Gasteiger charge is -2.23. The summed E-state index contributed by atoms with van der Waals surface area (Å²) in [7, 11) is 0. The van der Waals surface area contributed by atoms with E-state index in [4.69, 9.17) is 4.74 Å². The van der Waals surface area contributed by atoms with E-state index in [1.165, 1.54) is 0 Å². The van der Waals surface area contributed by atoms with E-state index in [2.05, 4.69) is 15.3 Å². The van der Waals surface area contributed by atoms with Crippen LogP contribution < -0.4 is 10.1 Å². The van der Waals surface area contributed by atoms with Crippen LogP contribution in [0.4, 0.5) is 0 Å². The molecule has 0 saturated carbocycles. The minimum absolute atomic E-state index is 0.252. The summed E-state index contributed by atoms with van der Waals surface area (Å²) in [6, 6.07) is 4.06. The predicted molar refractivity (Wildman–Crippen MR) is 71.9 cm³/mol. The van der Waals surface area contributed by atoms with Crippen molar-refractivity contribution >= 4 is 11.3 Å². The highest BCUT2D eigenvalue weighted by Crippen LogP contribution is 2.30. The number of hydrogen-bond acceptors (Lipinski definition) is 5. The van der Waals surface area contributed by atoms with Gasteiger partial charge in [0.2, 0.25) is 5.88 Å². The molecule has 1 aliphatic rings. The number of nitrogens with one attached hydrogen (secondary N) is 1. The Bertz CT molecular complexity index is 495. The Morgan fingerprint density at radius 3 is 2.83 bits per heavy atom. The SMILES string of the molecule is c1csc(-c2nccnc2OC2CCNCC2)c1. The van der Waals surface area contributed by atoms with Gasteiger partial charge in [-0.25, -0.2) is 9.97 Å². The molecular weight excluding hydrogens is 246 g/mol. The highest BCUT2D eigenvalue weighted by molar-refractivity contribution is 7.13. The van der Waals surface area contributed by atoms with Crippen LogP contribution in [0, 0.1) is 0 Å². The fourth-order valence-electron chi connectivity index (χ4n) is 2.06. The first kappa shape index (κ1) is 11.6. The maximum Gasteiger partial charge on any atom is 0.241 e. The largest absolute Gasteiger partial charge is 0.473 e. The zero-order chi connectivity index (χ0) is 12.2. The molecular formula is C13H15N3OS. The molecule has 1 saturated heterocycles. The average Bonchev–Trinajstić information content (AvgIpc) is 2.94. The summed E-state index contributed by atoms with van der Waals surface area (Å²) in [4.78, 5) is 9.83. The van der Waals surface area contributed by atoms with E-state index in [0.29, 0.717) is 5.88 Å². The molecule has 0 unspecified atom stereocenters. The van der Waals surface area contributed by atoms with Gasteiger partial charge in [-0.05, 0) is 37.4 Å². The molecule has 0 atom stereocenters. The van der Waals surface area contributed by atoms with Crippen LogP contribution >= 0.6 is 11.3 Å². The summed E-state index contributed by atoms with van der Waals surface area (Å²) < 4.78 is 6.00. The van der Waals surface area contributed by atoms with Crippen molar-refractivity contribution in [3.05, 3.63) is 29.9 Å². The molecule has 1 fully saturated rings. The van der Waals surface area contributed by atoms with Gasteiger partial charge < -0.3 is 10.1 Å². The molecule has 3 heterocycles. The molecule has 94 valence electrons. The standard InChI is InChI=1S/C13H15N3OS/c1-2-11(18-9-1)12-13(16-8-7-15-12)17-10-3-5-14-6-4-10/h1-2,7-10,14H,3-6H2. The zero-order valence-electron chi connectivity index (χ0n) is 10.0. The molecule has 2 aromatic rings. The van der Waals surface area contributed by atoms with Gasteiger partial charge in [-0.2, -0.15) is 0 Å². The monoisotopic (exact) mass is 261 g/mol. The molecule has 0 aliphatic carbocycles. The first-order valence-corrected chi connectivity index (χ1v) is 7.04. The minimum atomic E-state index is 0.252. The molecule has 0 amide bonds. The van der Waals surface area contributed by atoms with Gasteiger partial charge in [0.25, 0.3) is 0 Å². The van der Waals surface area contributed by atoms with Crippen molar-refractivity contribution in [1.29, 1.82) is 0 Å². The van der Waals surface area contributed by atoms with Crippen LogP contribution in [-0.4, -0.2) is 29.2 Å². The lowest BCUT2D eigenvalue weighted by molar-refractivity contribution is 0.156. The molecule has 2 aromatic heterocycles. The quantitative estimate of drug-likeness (QED) is 0.921. The second-order valence-corrected chi connectivity index (χ2v) is 5.20. The highest BCUT2D eigenvalue weighted by atomic mass is 32.1. The number of thiophene rings is 1. The van der Waals surface area contributed by atoms with Crippen molar-refractivity contribution in [2.75, 3.05) is 13.1 Å². The van der Waals surface area contributed by atoms with E-state index in [9.17, 15) is 0 Å². The molecule has 4 nitrogen and oxygen atoms in total. The van der Waals surface area contributed by atoms with E-state index < -0.39 is 0 Å². The molecule has 0 spiro atoms. The van der Waals surface area contributed by atoms with Gasteiger partial charge in [-0.3, -0.25) is 0 Å². The summed E-state index contributed by atoms with van der Waals surface area (Å²) in [6.07, 6.45) is 5.71. The molecule has 0 radical (unpaired) electrons. The Labute approximate surface area is 110 Å². The van der Waals surface area contributed by atoms with Crippen LogP contribution in [0.2, 0.25) is 0 Å². The van der Waals surface area contributed by atoms with Gasteiger partial charge in [0.1, 0.15) is 11.8 Å². The third-order valence-electron chi connectivity index (χ3n) is 2.98. The Morgan fingerprint density at radius 1 is 1.22 bits per heavy atom. The van der Waals surface area contributed by atoms with Crippen LogP contribution in [-0.2, 0) is 0 Å². The second-order valence-electron chi connectivity index (χ2n) is 4.25. The third-order valence-corrected chi connectivity index (χ3v) is 3.86. The Balaban J connectivity index is 1.83. The number of nitrogens with zero attached hydrogens (tertiary/aromatic N) is 2. The molecule has 0 bridgehead atoms. The van der Waals surface area contributed by atoms with E-state index >= 15 is 0 Å². The highest BCUT2D eigenvalue weighted by Gasteiger charge is 2.18. The van der Waals surface area contributed by atoms with Gasteiger partial charge in [0.15, 0.2) is 0 Å². The predicted octanol–water partition coefficient (Wildman–Crippen LogP) is 2.34. The van der Waals surface area contributed by atoms with E-state index in [1.54, 1.807) is 23.7 Å². The summed E-state index contributed by atoms with van der Waals surface area (Å²) in [5.41, 5.74) is 0.853. The van der Waals surface area contributed by atoms with Crippen molar-refractivity contribution in [3.63, 3.8) is 0 Å². The van der Waals surface area contributed by atoms with Crippen LogP contribution in [0.3, 0.4) is 0 Å². The number of hydrogen-bond donors (Lipinski definition) is 1. The molecule has 1 aliphatic heterocycles. The topological polar surface area (TPSA) is 47.0 Å². The lowest BCUT2D eigenvalue weighted by Crippen LogP contribution is -2.34. The number of rotatable bonds is 3. The number of piperidine rings is 1. The fraction of sp³-hybridized carbons (Fsp3) is 0.385. The lowest BCUT2D eigenvalue weighted by atomic mass is 10.1. The van der Waals surface area contributed by atoms with Gasteiger partial charge in [-0.1, -0.05) is 6.07 Å². The van der Waals surface area contributed by atoms with Crippen LogP contribution in [0.5, 0.6) is 5.88 Å². The first-order valence-electron chi connectivity index (χ1n) is 6.16. The summed E-state index contributed by atoms with van der Waals surface area (Å²) in [5, 5.41) is 5.37. The minimum Gasteiger partial charge on any atom is -0.473 e. The van der Waals surface area contributed by atoms with E-state index in [-0.39, 0.29) is 6.10 Å². The normalized spacial score (nSPS) is 16.7. The van der Waals surface area contributed by atoms with Crippen molar-refractivity contribution < 1.29 is 4.74 Å². The van der Waals surface area contributed by atoms with Gasteiger partial charge in [0.05, 0.1) is 4.88 Å². The molecule has 5 heteroatoms. The van der Waals surface area contributed by atoms with Gasteiger partial charge in [0, 0.05) is 12.4 Å². The summed E-state index contributed by atoms with van der Waals surface area (Å²) >= 11 is 1.66. The van der Waals surface area contributed by atoms with E-state index in [1.807, 2.05) is 17.5 Å². The average molecular weight is 261 g/mol. The number of aromatic nitrogens is 2. The molecule has 0 aromatic carbocycles. The number of ether oxygens (including phenoxy) is 1. The van der Waals surface area contributed by atoms with Crippen molar-refractivity contribution in [2.24, 2.45) is 0 Å². The second kappa shape index (κ2) is 5.46. The van der Waals surface area contributed by atoms with Crippen molar-refractivity contribution in [2.45, 2.75) is 18.9 Å². The Kier molecular flexibility index (Phi) is 3.52. The summed E-state index contributed by atoms with van der Waals surface area (Å²) in [5.74, 6) is 0.659. The molecule has 18 heavy (non-hydrogen) atoms. The maximum absolute atomic E-state index is 6.00. The van der Waals surface area contributed by atoms with Crippen molar-refractivity contribution in [1.82, 2.24) is 15.3 Å². The van der Waals surface area contributed by atoms with Gasteiger partial charge in [-0.15, -0.1) is 11.3 Å². The molecule has 1 N–H and O–H groups in total. The van der Waals surface area contributed by atoms with Crippen molar-refractivity contribution in [3.8, 4) is 16.5 Å². The van der Waals surface area contributed by atoms with Crippen LogP contribution in [0.25, 0.3) is 10.6 Å². The molecule has 3 rings (SSSR count). The van der Waals surface area contributed by atoms with E-state index in [0.717, 1.165) is 36.5 Å². The van der Waals surface area contributed by atoms with Gasteiger partial charge >= 0.3 is 0 Å². The van der Waals surface area contributed by atoms with Crippen LogP contribution in [0.1, 0.15) is 12.8 Å². The first-order chi connectivity index (χ1) is 8.93. The Hall–Kier alpha value is -1.46. The summed E-state index contributed by atoms with van der Waals surface area (Å²) in [6.45, 7) is 2.03. The smallest absolute Gasteiger partial charge is 0.241 e. The maximum atomic E-state index is 6.00.